The van der Waals surface area contributed by atoms with Gasteiger partial charge in [-0.15, -0.1) is 0 Å². The Kier molecular flexibility index (Phi) is 7.75. The van der Waals surface area contributed by atoms with Crippen LogP contribution in [0.2, 0.25) is 0 Å². The molecule has 0 spiro atoms. The molecule has 0 fully saturated rings. The second kappa shape index (κ2) is 10.9. The molecule has 1 aromatic heterocycles. The smallest absolute Gasteiger partial charge is 0.337 e. The van der Waals surface area contributed by atoms with Crippen molar-refractivity contribution in [3.05, 3.63) is 64.1 Å². The molecule has 0 radical (unpaired) electrons. The molecular weight excluding hydrogens is 443 g/mol. The lowest BCUT2D eigenvalue weighted by molar-refractivity contribution is 0.0698. The van der Waals surface area contributed by atoms with Gasteiger partial charge in [0.25, 0.3) is 0 Å². The van der Waals surface area contributed by atoms with E-state index in [2.05, 4.69) is 17.6 Å². The molecule has 2 aromatic carbocycles. The van der Waals surface area contributed by atoms with E-state index >= 15 is 0 Å². The second-order valence-electron chi connectivity index (χ2n) is 9.59. The lowest BCUT2D eigenvalue weighted by Crippen LogP contribution is -2.13. The number of carbonyl (C=O) groups is 1. The van der Waals surface area contributed by atoms with Gasteiger partial charge in [0.1, 0.15) is 17.6 Å². The average molecular weight is 477 g/mol. The number of aryl methyl sites for hydroxylation is 1. The van der Waals surface area contributed by atoms with Crippen LogP contribution < -0.4 is 4.74 Å². The molecule has 0 saturated heterocycles. The molecule has 1 unspecified atom stereocenters. The van der Waals surface area contributed by atoms with Crippen molar-refractivity contribution >= 4 is 16.9 Å². The molecule has 1 atom stereocenters. The van der Waals surface area contributed by atoms with Gasteiger partial charge in [-0.25, -0.2) is 9.18 Å². The van der Waals surface area contributed by atoms with E-state index in [0.717, 1.165) is 55.0 Å². The highest BCUT2D eigenvalue weighted by molar-refractivity contribution is 6.04. The zero-order valence-electron chi connectivity index (χ0n) is 20.6. The van der Waals surface area contributed by atoms with Crippen LogP contribution in [0.25, 0.3) is 10.9 Å². The summed E-state index contributed by atoms with van der Waals surface area (Å²) < 4.78 is 22.2. The van der Waals surface area contributed by atoms with Crippen molar-refractivity contribution in [1.29, 1.82) is 5.26 Å². The fraction of sp³-hybridized carbons (Fsp3) is 0.448. The number of aromatic carboxylic acids is 1. The van der Waals surface area contributed by atoms with Crippen LogP contribution in [-0.4, -0.2) is 22.8 Å². The van der Waals surface area contributed by atoms with Crippen LogP contribution >= 0.6 is 0 Å². The van der Waals surface area contributed by atoms with Crippen LogP contribution in [0, 0.1) is 23.1 Å². The van der Waals surface area contributed by atoms with Crippen LogP contribution in [0.1, 0.15) is 84.6 Å². The zero-order valence-corrected chi connectivity index (χ0v) is 20.6. The molecule has 0 amide bonds. The SMILES string of the molecule is CCCCCCC1CCCc2c(n(Cc3cccc(C#N)c3OC)c3c(C(=O)O)cc(F)cc23)C1. The number of ether oxygens (including phenoxy) is 1. The van der Waals surface area contributed by atoms with Crippen LogP contribution in [0.3, 0.4) is 0 Å². The van der Waals surface area contributed by atoms with Gasteiger partial charge in [-0.05, 0) is 55.4 Å². The lowest BCUT2D eigenvalue weighted by Gasteiger charge is -2.19. The van der Waals surface area contributed by atoms with Crippen molar-refractivity contribution in [3.63, 3.8) is 0 Å². The van der Waals surface area contributed by atoms with Crippen molar-refractivity contribution in [2.24, 2.45) is 5.92 Å². The van der Waals surface area contributed by atoms with Gasteiger partial charge in [-0.2, -0.15) is 5.26 Å². The largest absolute Gasteiger partial charge is 0.495 e. The van der Waals surface area contributed by atoms with Crippen molar-refractivity contribution < 1.29 is 19.0 Å². The van der Waals surface area contributed by atoms with E-state index in [0.29, 0.717) is 34.7 Å². The number of unbranched alkanes of at least 4 members (excludes halogenated alkanes) is 3. The van der Waals surface area contributed by atoms with E-state index in [1.807, 2.05) is 12.1 Å². The highest BCUT2D eigenvalue weighted by Gasteiger charge is 2.27. The third-order valence-electron chi connectivity index (χ3n) is 7.31. The van der Waals surface area contributed by atoms with Crippen LogP contribution in [-0.2, 0) is 19.4 Å². The number of nitriles is 1. The fourth-order valence-electron chi connectivity index (χ4n) is 5.68. The number of hydrogen-bond donors (Lipinski definition) is 1. The first-order chi connectivity index (χ1) is 17.0. The predicted molar refractivity (Wildman–Crippen MR) is 135 cm³/mol. The summed E-state index contributed by atoms with van der Waals surface area (Å²) in [6.45, 7) is 2.57. The molecule has 1 heterocycles. The molecule has 1 aliphatic rings. The molecule has 4 rings (SSSR count). The Morgan fingerprint density at radius 3 is 2.83 bits per heavy atom. The minimum Gasteiger partial charge on any atom is -0.495 e. The van der Waals surface area contributed by atoms with Gasteiger partial charge in [0.2, 0.25) is 0 Å². The molecule has 0 saturated carbocycles. The number of fused-ring (bicyclic) bond motifs is 3. The third kappa shape index (κ3) is 5.05. The fourth-order valence-corrected chi connectivity index (χ4v) is 5.68. The summed E-state index contributed by atoms with van der Waals surface area (Å²) >= 11 is 0. The Morgan fingerprint density at radius 1 is 1.29 bits per heavy atom. The number of carboxylic acid groups (broad SMARTS) is 1. The highest BCUT2D eigenvalue weighted by atomic mass is 19.1. The van der Waals surface area contributed by atoms with Gasteiger partial charge < -0.3 is 14.4 Å². The van der Waals surface area contributed by atoms with Crippen LogP contribution in [0.5, 0.6) is 5.75 Å². The molecule has 5 nitrogen and oxygen atoms in total. The number of benzene rings is 2. The molecule has 6 heteroatoms. The first-order valence-corrected chi connectivity index (χ1v) is 12.6. The standard InChI is InChI=1S/C29H33FN2O3/c1-3-4-5-6-9-19-10-7-13-23-24-15-22(30)16-25(29(33)34)27(24)32(26(23)14-19)18-21-12-8-11-20(17-31)28(21)35-2/h8,11-12,15-16,19H,3-7,9-10,13-14,18H2,1-2H3,(H,33,34). The zero-order chi connectivity index (χ0) is 24.9. The molecule has 35 heavy (non-hydrogen) atoms. The summed E-state index contributed by atoms with van der Waals surface area (Å²) in [5.74, 6) is -0.660. The minimum absolute atomic E-state index is 0.0250. The quantitative estimate of drug-likeness (QED) is 0.270. The monoisotopic (exact) mass is 476 g/mol. The van der Waals surface area contributed by atoms with Crippen molar-refractivity contribution in [2.75, 3.05) is 7.11 Å². The first kappa shape index (κ1) is 24.8. The summed E-state index contributed by atoms with van der Waals surface area (Å²) in [6.07, 6.45) is 9.81. The number of hydrogen-bond acceptors (Lipinski definition) is 3. The van der Waals surface area contributed by atoms with Crippen molar-refractivity contribution in [2.45, 2.75) is 71.3 Å². The van der Waals surface area contributed by atoms with E-state index in [1.165, 1.54) is 31.7 Å². The van der Waals surface area contributed by atoms with Gasteiger partial charge in [0, 0.05) is 16.6 Å². The molecule has 0 aliphatic heterocycles. The molecule has 184 valence electrons. The predicted octanol–water partition coefficient (Wildman–Crippen LogP) is 6.87. The summed E-state index contributed by atoms with van der Waals surface area (Å²) in [7, 11) is 1.54. The van der Waals surface area contributed by atoms with E-state index < -0.39 is 11.8 Å². The minimum atomic E-state index is -1.14. The number of methoxy groups -OCH3 is 1. The van der Waals surface area contributed by atoms with Gasteiger partial charge >= 0.3 is 5.97 Å². The lowest BCUT2D eigenvalue weighted by atomic mass is 9.93. The van der Waals surface area contributed by atoms with Crippen molar-refractivity contribution in [1.82, 2.24) is 4.57 Å². The summed E-state index contributed by atoms with van der Waals surface area (Å²) in [5.41, 5.74) is 3.92. The maximum Gasteiger partial charge on any atom is 0.337 e. The Labute approximate surface area is 206 Å². The molecule has 1 aliphatic carbocycles. The number of para-hydroxylation sites is 1. The highest BCUT2D eigenvalue weighted by Crippen LogP contribution is 2.38. The Bertz CT molecular complexity index is 1270. The molecule has 0 bridgehead atoms. The van der Waals surface area contributed by atoms with Crippen molar-refractivity contribution in [3.8, 4) is 11.8 Å². The van der Waals surface area contributed by atoms with Gasteiger partial charge in [0.05, 0.1) is 30.3 Å². The van der Waals surface area contributed by atoms with Crippen LogP contribution in [0.4, 0.5) is 4.39 Å². The Hall–Kier alpha value is -3.33. The number of rotatable bonds is 9. The van der Waals surface area contributed by atoms with Crippen LogP contribution in [0.15, 0.2) is 30.3 Å². The Balaban J connectivity index is 1.86. The average Bonchev–Trinajstić information content (AvgIpc) is 2.99. The topological polar surface area (TPSA) is 75.2 Å². The van der Waals surface area contributed by atoms with E-state index in [-0.39, 0.29) is 5.56 Å². The van der Waals surface area contributed by atoms with Gasteiger partial charge in [-0.3, -0.25) is 0 Å². The Morgan fingerprint density at radius 2 is 2.11 bits per heavy atom. The van der Waals surface area contributed by atoms with E-state index in [4.69, 9.17) is 4.74 Å². The normalized spacial score (nSPS) is 15.4. The molecule has 1 N–H and O–H groups in total. The van der Waals surface area contributed by atoms with Gasteiger partial charge in [-0.1, -0.05) is 51.2 Å². The number of halogens is 1. The molecule has 3 aromatic rings. The van der Waals surface area contributed by atoms with Gasteiger partial charge in [0.15, 0.2) is 0 Å². The summed E-state index contributed by atoms with van der Waals surface area (Å²) in [6, 6.07) is 10.2. The van der Waals surface area contributed by atoms with E-state index in [9.17, 15) is 19.6 Å². The number of nitrogens with zero attached hydrogens (tertiary/aromatic N) is 2. The van der Waals surface area contributed by atoms with E-state index in [1.54, 1.807) is 13.2 Å². The second-order valence-corrected chi connectivity index (χ2v) is 9.59. The summed E-state index contributed by atoms with van der Waals surface area (Å²) in [4.78, 5) is 12.2. The number of aromatic nitrogens is 1. The summed E-state index contributed by atoms with van der Waals surface area (Å²) in [5, 5.41) is 20.2. The third-order valence-corrected chi connectivity index (χ3v) is 7.31. The maximum absolute atomic E-state index is 14.6. The maximum atomic E-state index is 14.6. The number of carboxylic acids is 1. The first-order valence-electron chi connectivity index (χ1n) is 12.6. The molecular formula is C29H33FN2O3.